The zero-order chi connectivity index (χ0) is 9.97. The first-order chi connectivity index (χ1) is 6.75. The second-order valence-corrected chi connectivity index (χ2v) is 4.23. The van der Waals surface area contributed by atoms with Gasteiger partial charge in [0.1, 0.15) is 5.82 Å². The van der Waals surface area contributed by atoms with Crippen molar-refractivity contribution in [3.63, 3.8) is 0 Å². The van der Waals surface area contributed by atoms with E-state index in [4.69, 9.17) is 5.73 Å². The molecule has 0 fully saturated rings. The van der Waals surface area contributed by atoms with Crippen LogP contribution in [-0.4, -0.2) is 14.5 Å². The van der Waals surface area contributed by atoms with Gasteiger partial charge in [-0.05, 0) is 6.92 Å². The lowest BCUT2D eigenvalue weighted by Gasteiger charge is -2.01. The molecule has 2 rings (SSSR count). The van der Waals surface area contributed by atoms with E-state index >= 15 is 0 Å². The molecule has 0 amide bonds. The van der Waals surface area contributed by atoms with Gasteiger partial charge in [0, 0.05) is 36.4 Å². The van der Waals surface area contributed by atoms with Crippen molar-refractivity contribution in [3.05, 3.63) is 29.3 Å². The zero-order valence-electron chi connectivity index (χ0n) is 7.97. The lowest BCUT2D eigenvalue weighted by Crippen LogP contribution is -2.01. The fourth-order valence-corrected chi connectivity index (χ4v) is 1.98. The molecule has 14 heavy (non-hydrogen) atoms. The molecule has 0 saturated heterocycles. The van der Waals surface area contributed by atoms with Gasteiger partial charge in [-0.15, -0.1) is 11.3 Å². The maximum Gasteiger partial charge on any atom is 0.180 e. The topological polar surface area (TPSA) is 56.7 Å². The highest BCUT2D eigenvalue weighted by atomic mass is 32.1. The van der Waals surface area contributed by atoms with Crippen LogP contribution in [-0.2, 0) is 13.0 Å². The van der Waals surface area contributed by atoms with Crippen molar-refractivity contribution in [1.29, 1.82) is 0 Å². The smallest absolute Gasteiger partial charge is 0.180 e. The summed E-state index contributed by atoms with van der Waals surface area (Å²) in [5.74, 6) is 1.04. The Morgan fingerprint density at radius 2 is 2.36 bits per heavy atom. The lowest BCUT2D eigenvalue weighted by molar-refractivity contribution is 0.677. The summed E-state index contributed by atoms with van der Waals surface area (Å²) in [6.07, 6.45) is 6.61. The summed E-state index contributed by atoms with van der Waals surface area (Å²) in [7, 11) is 0. The Morgan fingerprint density at radius 3 is 2.93 bits per heavy atom. The van der Waals surface area contributed by atoms with Crippen molar-refractivity contribution >= 4 is 16.5 Å². The molecule has 0 aliphatic heterocycles. The standard InChI is InChI=1S/C9H12N4S/c1-7-11-3-5-13(7)4-2-8-6-12-9(10)14-8/h3,5-6H,2,4H2,1H3,(H2,10,12). The summed E-state index contributed by atoms with van der Waals surface area (Å²) in [6, 6.07) is 0. The van der Waals surface area contributed by atoms with Crippen LogP contribution in [0.2, 0.25) is 0 Å². The van der Waals surface area contributed by atoms with Crippen molar-refractivity contribution in [2.24, 2.45) is 0 Å². The molecular weight excluding hydrogens is 196 g/mol. The van der Waals surface area contributed by atoms with Crippen LogP contribution in [0.15, 0.2) is 18.6 Å². The van der Waals surface area contributed by atoms with Gasteiger partial charge in [-0.25, -0.2) is 9.97 Å². The quantitative estimate of drug-likeness (QED) is 0.831. The third-order valence-corrected chi connectivity index (χ3v) is 2.98. The minimum absolute atomic E-state index is 0.641. The number of aromatic nitrogens is 3. The van der Waals surface area contributed by atoms with Crippen LogP contribution in [0.3, 0.4) is 0 Å². The fourth-order valence-electron chi connectivity index (χ4n) is 1.31. The number of thiazole rings is 1. The van der Waals surface area contributed by atoms with Gasteiger partial charge in [0.05, 0.1) is 0 Å². The minimum Gasteiger partial charge on any atom is -0.375 e. The van der Waals surface area contributed by atoms with E-state index in [0.29, 0.717) is 5.13 Å². The second kappa shape index (κ2) is 3.79. The number of nitrogen functional groups attached to an aromatic ring is 1. The Hall–Kier alpha value is -1.36. The molecule has 2 aromatic heterocycles. The fraction of sp³-hybridized carbons (Fsp3) is 0.333. The number of rotatable bonds is 3. The Bertz CT molecular complexity index is 418. The first kappa shape index (κ1) is 9.21. The van der Waals surface area contributed by atoms with Crippen LogP contribution in [0.1, 0.15) is 10.7 Å². The molecule has 74 valence electrons. The molecule has 0 atom stereocenters. The normalized spacial score (nSPS) is 10.6. The highest BCUT2D eigenvalue weighted by molar-refractivity contribution is 7.15. The maximum atomic E-state index is 5.55. The summed E-state index contributed by atoms with van der Waals surface area (Å²) >= 11 is 1.55. The van der Waals surface area contributed by atoms with E-state index in [2.05, 4.69) is 14.5 Å². The minimum atomic E-state index is 0.641. The Kier molecular flexibility index (Phi) is 2.49. The largest absolute Gasteiger partial charge is 0.375 e. The lowest BCUT2D eigenvalue weighted by atomic mass is 10.4. The highest BCUT2D eigenvalue weighted by Gasteiger charge is 2.00. The van der Waals surface area contributed by atoms with E-state index in [9.17, 15) is 0 Å². The van der Waals surface area contributed by atoms with Crippen LogP contribution < -0.4 is 5.73 Å². The molecule has 0 bridgehead atoms. The van der Waals surface area contributed by atoms with Crippen LogP contribution in [0.25, 0.3) is 0 Å². The monoisotopic (exact) mass is 208 g/mol. The van der Waals surface area contributed by atoms with Crippen molar-refractivity contribution in [2.75, 3.05) is 5.73 Å². The van der Waals surface area contributed by atoms with Gasteiger partial charge in [0.25, 0.3) is 0 Å². The first-order valence-corrected chi connectivity index (χ1v) is 5.25. The molecule has 0 aliphatic rings. The van der Waals surface area contributed by atoms with Crippen molar-refractivity contribution in [2.45, 2.75) is 19.9 Å². The van der Waals surface area contributed by atoms with Crippen LogP contribution in [0, 0.1) is 6.92 Å². The molecule has 2 N–H and O–H groups in total. The Balaban J connectivity index is 1.98. The summed E-state index contributed by atoms with van der Waals surface area (Å²) in [6.45, 7) is 2.94. The van der Waals surface area contributed by atoms with Crippen molar-refractivity contribution in [1.82, 2.24) is 14.5 Å². The van der Waals surface area contributed by atoms with Gasteiger partial charge in [0.2, 0.25) is 0 Å². The van der Waals surface area contributed by atoms with Crippen LogP contribution in [0.4, 0.5) is 5.13 Å². The summed E-state index contributed by atoms with van der Waals surface area (Å²) in [5.41, 5.74) is 5.55. The van der Waals surface area contributed by atoms with Gasteiger partial charge in [0.15, 0.2) is 5.13 Å². The number of nitrogens with zero attached hydrogens (tertiary/aromatic N) is 3. The zero-order valence-corrected chi connectivity index (χ0v) is 8.79. The SMILES string of the molecule is Cc1nccn1CCc1cnc(N)s1. The average Bonchev–Trinajstić information content (AvgIpc) is 2.72. The molecule has 0 spiro atoms. The molecule has 0 unspecified atom stereocenters. The van der Waals surface area contributed by atoms with Gasteiger partial charge in [-0.2, -0.15) is 0 Å². The van der Waals surface area contributed by atoms with Gasteiger partial charge in [-0.3, -0.25) is 0 Å². The molecular formula is C9H12N4S. The van der Waals surface area contributed by atoms with Crippen LogP contribution in [0.5, 0.6) is 0 Å². The predicted molar refractivity (Wildman–Crippen MR) is 57.2 cm³/mol. The van der Waals surface area contributed by atoms with E-state index < -0.39 is 0 Å². The third-order valence-electron chi connectivity index (χ3n) is 2.09. The van der Waals surface area contributed by atoms with Crippen LogP contribution >= 0.6 is 11.3 Å². The molecule has 0 aromatic carbocycles. The number of hydrogen-bond donors (Lipinski definition) is 1. The molecule has 4 nitrogen and oxygen atoms in total. The van der Waals surface area contributed by atoms with Gasteiger partial charge >= 0.3 is 0 Å². The average molecular weight is 208 g/mol. The number of aryl methyl sites for hydroxylation is 3. The third kappa shape index (κ3) is 1.93. The second-order valence-electron chi connectivity index (χ2n) is 3.08. The highest BCUT2D eigenvalue weighted by Crippen LogP contribution is 2.15. The molecule has 0 aliphatic carbocycles. The molecule has 0 radical (unpaired) electrons. The van der Waals surface area contributed by atoms with Crippen molar-refractivity contribution < 1.29 is 0 Å². The molecule has 0 saturated carbocycles. The number of imidazole rings is 1. The molecule has 2 aromatic rings. The van der Waals surface area contributed by atoms with Gasteiger partial charge in [-0.1, -0.05) is 0 Å². The van der Waals surface area contributed by atoms with E-state index in [1.807, 2.05) is 25.5 Å². The molecule has 5 heteroatoms. The predicted octanol–water partition coefficient (Wildman–Crippen LogP) is 1.47. The summed E-state index contributed by atoms with van der Waals surface area (Å²) in [5, 5.41) is 0.641. The van der Waals surface area contributed by atoms with E-state index in [1.54, 1.807) is 11.3 Å². The number of hydrogen-bond acceptors (Lipinski definition) is 4. The molecule has 2 heterocycles. The number of nitrogens with two attached hydrogens (primary N) is 1. The number of anilines is 1. The van der Waals surface area contributed by atoms with E-state index in [1.165, 1.54) is 4.88 Å². The van der Waals surface area contributed by atoms with E-state index in [0.717, 1.165) is 18.8 Å². The maximum absolute atomic E-state index is 5.55. The van der Waals surface area contributed by atoms with E-state index in [-0.39, 0.29) is 0 Å². The van der Waals surface area contributed by atoms with Gasteiger partial charge < -0.3 is 10.3 Å². The van der Waals surface area contributed by atoms with Crippen molar-refractivity contribution in [3.8, 4) is 0 Å². The Labute approximate surface area is 86.4 Å². The first-order valence-electron chi connectivity index (χ1n) is 4.43. The summed E-state index contributed by atoms with van der Waals surface area (Å²) in [4.78, 5) is 9.39. The summed E-state index contributed by atoms with van der Waals surface area (Å²) < 4.78 is 2.12. The Morgan fingerprint density at radius 1 is 1.50 bits per heavy atom.